The van der Waals surface area contributed by atoms with Crippen LogP contribution in [0.25, 0.3) is 0 Å². The number of rotatable bonds is 4. The van der Waals surface area contributed by atoms with E-state index in [1.807, 2.05) is 13.8 Å². The number of benzene rings is 1. The summed E-state index contributed by atoms with van der Waals surface area (Å²) in [6.07, 6.45) is 0. The minimum absolute atomic E-state index is 0.0389. The Kier molecular flexibility index (Phi) is 5.22. The highest BCUT2D eigenvalue weighted by Crippen LogP contribution is 2.20. The van der Waals surface area contributed by atoms with E-state index in [9.17, 15) is 9.18 Å². The lowest BCUT2D eigenvalue weighted by molar-refractivity contribution is 0.0935. The smallest absolute Gasteiger partial charge is 0.255 e. The number of thiocarbonyl (C=S) groups is 1. The fourth-order valence-corrected chi connectivity index (χ4v) is 2.35. The molecule has 0 radical (unpaired) electrons. The molecule has 1 aromatic rings. The largest absolute Gasteiger partial charge is 0.392 e. The van der Waals surface area contributed by atoms with Crippen molar-refractivity contribution in [1.29, 1.82) is 0 Å². The molecular weight excluding hydrogens is 319 g/mol. The summed E-state index contributed by atoms with van der Waals surface area (Å²) >= 11 is 8.03. The Bertz CT molecular complexity index is 459. The van der Waals surface area contributed by atoms with Crippen LogP contribution in [0.1, 0.15) is 24.2 Å². The number of nitrogens with one attached hydrogen (secondary N) is 1. The highest BCUT2D eigenvalue weighted by Gasteiger charge is 2.22. The number of carbonyl (C=O) groups excluding carboxylic acids is 1. The Morgan fingerprint density at radius 1 is 1.50 bits per heavy atom. The number of hydrogen-bond donors (Lipinski definition) is 2. The standard InChI is InChI=1S/C12H14BrFN2OS/c1-6(2)10(11(15)18)16-12(17)9-7(13)4-3-5-8(9)14/h3-6,10H,1-2H3,(H2,15,18)(H,16,17). The summed E-state index contributed by atoms with van der Waals surface area (Å²) in [6.45, 7) is 3.75. The van der Waals surface area contributed by atoms with Crippen molar-refractivity contribution in [3.8, 4) is 0 Å². The van der Waals surface area contributed by atoms with Gasteiger partial charge in [0.05, 0.1) is 16.6 Å². The molecule has 0 bridgehead atoms. The molecule has 0 aliphatic rings. The van der Waals surface area contributed by atoms with Gasteiger partial charge in [0, 0.05) is 4.47 Å². The third-order valence-electron chi connectivity index (χ3n) is 2.45. The van der Waals surface area contributed by atoms with Gasteiger partial charge in [0.2, 0.25) is 0 Å². The first-order chi connectivity index (χ1) is 8.34. The molecule has 0 saturated heterocycles. The van der Waals surface area contributed by atoms with Gasteiger partial charge in [-0.25, -0.2) is 4.39 Å². The van der Waals surface area contributed by atoms with E-state index in [1.165, 1.54) is 12.1 Å². The van der Waals surface area contributed by atoms with Gasteiger partial charge < -0.3 is 11.1 Å². The minimum Gasteiger partial charge on any atom is -0.392 e. The molecule has 3 N–H and O–H groups in total. The molecule has 0 aliphatic carbocycles. The molecule has 1 atom stereocenters. The van der Waals surface area contributed by atoms with Crippen LogP contribution >= 0.6 is 28.1 Å². The molecule has 0 aliphatic heterocycles. The van der Waals surface area contributed by atoms with Gasteiger partial charge in [0.15, 0.2) is 0 Å². The molecule has 1 aromatic carbocycles. The molecule has 0 spiro atoms. The number of carbonyl (C=O) groups is 1. The second-order valence-electron chi connectivity index (χ2n) is 4.19. The highest BCUT2D eigenvalue weighted by atomic mass is 79.9. The van der Waals surface area contributed by atoms with E-state index in [4.69, 9.17) is 18.0 Å². The topological polar surface area (TPSA) is 55.1 Å². The third-order valence-corrected chi connectivity index (χ3v) is 3.36. The van der Waals surface area contributed by atoms with Crippen molar-refractivity contribution in [1.82, 2.24) is 5.32 Å². The van der Waals surface area contributed by atoms with Gasteiger partial charge in [0.1, 0.15) is 5.82 Å². The SMILES string of the molecule is CC(C)C(NC(=O)c1c(F)cccc1Br)C(N)=S. The molecule has 0 heterocycles. The van der Waals surface area contributed by atoms with Crippen LogP contribution in [0.4, 0.5) is 4.39 Å². The second-order valence-corrected chi connectivity index (χ2v) is 5.52. The first-order valence-electron chi connectivity index (χ1n) is 5.38. The summed E-state index contributed by atoms with van der Waals surface area (Å²) in [7, 11) is 0. The first-order valence-corrected chi connectivity index (χ1v) is 6.59. The number of hydrogen-bond acceptors (Lipinski definition) is 2. The Hall–Kier alpha value is -1.01. The molecule has 0 aromatic heterocycles. The zero-order valence-corrected chi connectivity index (χ0v) is 12.4. The monoisotopic (exact) mass is 332 g/mol. The molecule has 0 saturated carbocycles. The quantitative estimate of drug-likeness (QED) is 0.833. The van der Waals surface area contributed by atoms with Gasteiger partial charge in [0.25, 0.3) is 5.91 Å². The average molecular weight is 333 g/mol. The summed E-state index contributed by atoms with van der Waals surface area (Å²) in [5.74, 6) is -1.09. The molecular formula is C12H14BrFN2OS. The van der Waals surface area contributed by atoms with E-state index in [0.29, 0.717) is 4.47 Å². The molecule has 6 heteroatoms. The number of halogens is 2. The summed E-state index contributed by atoms with van der Waals surface area (Å²) < 4.78 is 14.0. The average Bonchev–Trinajstić information content (AvgIpc) is 2.24. The van der Waals surface area contributed by atoms with Crippen LogP contribution in [-0.4, -0.2) is 16.9 Å². The Labute approximate surface area is 119 Å². The molecule has 1 rings (SSSR count). The fraction of sp³-hybridized carbons (Fsp3) is 0.333. The van der Waals surface area contributed by atoms with Crippen LogP contribution in [-0.2, 0) is 0 Å². The summed E-state index contributed by atoms with van der Waals surface area (Å²) in [5.41, 5.74) is 5.51. The van der Waals surface area contributed by atoms with Crippen molar-refractivity contribution in [2.75, 3.05) is 0 Å². The van der Waals surface area contributed by atoms with Gasteiger partial charge in [-0.2, -0.15) is 0 Å². The Morgan fingerprint density at radius 2 is 2.11 bits per heavy atom. The van der Waals surface area contributed by atoms with E-state index < -0.39 is 17.8 Å². The van der Waals surface area contributed by atoms with E-state index in [1.54, 1.807) is 6.07 Å². The first kappa shape index (κ1) is 15.0. The van der Waals surface area contributed by atoms with Crippen LogP contribution in [0.5, 0.6) is 0 Å². The van der Waals surface area contributed by atoms with Gasteiger partial charge in [-0.3, -0.25) is 4.79 Å². The lowest BCUT2D eigenvalue weighted by Crippen LogP contribution is -2.47. The maximum absolute atomic E-state index is 13.6. The van der Waals surface area contributed by atoms with Crippen molar-refractivity contribution >= 4 is 39.0 Å². The van der Waals surface area contributed by atoms with Crippen molar-refractivity contribution < 1.29 is 9.18 Å². The maximum atomic E-state index is 13.6. The zero-order valence-electron chi connectivity index (χ0n) is 10.0. The van der Waals surface area contributed by atoms with Gasteiger partial charge >= 0.3 is 0 Å². The van der Waals surface area contributed by atoms with Crippen molar-refractivity contribution in [2.24, 2.45) is 11.7 Å². The van der Waals surface area contributed by atoms with Gasteiger partial charge in [-0.15, -0.1) is 0 Å². The third kappa shape index (κ3) is 3.49. The summed E-state index contributed by atoms with van der Waals surface area (Å²) in [4.78, 5) is 12.2. The maximum Gasteiger partial charge on any atom is 0.255 e. The van der Waals surface area contributed by atoms with Crippen LogP contribution in [0.3, 0.4) is 0 Å². The van der Waals surface area contributed by atoms with Crippen molar-refractivity contribution in [3.05, 3.63) is 34.1 Å². The lowest BCUT2D eigenvalue weighted by Gasteiger charge is -2.21. The van der Waals surface area contributed by atoms with Crippen LogP contribution in [0.2, 0.25) is 0 Å². The second kappa shape index (κ2) is 6.24. The summed E-state index contributed by atoms with van der Waals surface area (Å²) in [6, 6.07) is 3.89. The van der Waals surface area contributed by atoms with Crippen LogP contribution in [0, 0.1) is 11.7 Å². The van der Waals surface area contributed by atoms with Gasteiger partial charge in [-0.1, -0.05) is 32.1 Å². The minimum atomic E-state index is -0.590. The number of nitrogens with two attached hydrogens (primary N) is 1. The van der Waals surface area contributed by atoms with Crippen LogP contribution in [0.15, 0.2) is 22.7 Å². The summed E-state index contributed by atoms with van der Waals surface area (Å²) in [5, 5.41) is 2.64. The van der Waals surface area contributed by atoms with E-state index in [-0.39, 0.29) is 16.5 Å². The molecule has 0 fully saturated rings. The molecule has 1 unspecified atom stereocenters. The predicted octanol–water partition coefficient (Wildman–Crippen LogP) is 2.63. The van der Waals surface area contributed by atoms with Crippen LogP contribution < -0.4 is 11.1 Å². The lowest BCUT2D eigenvalue weighted by atomic mass is 10.0. The zero-order chi connectivity index (χ0) is 13.9. The number of amides is 1. The van der Waals surface area contributed by atoms with E-state index in [2.05, 4.69) is 21.2 Å². The van der Waals surface area contributed by atoms with Crippen molar-refractivity contribution in [2.45, 2.75) is 19.9 Å². The highest BCUT2D eigenvalue weighted by molar-refractivity contribution is 9.10. The normalized spacial score (nSPS) is 12.3. The fourth-order valence-electron chi connectivity index (χ4n) is 1.49. The molecule has 18 heavy (non-hydrogen) atoms. The van der Waals surface area contributed by atoms with E-state index >= 15 is 0 Å². The van der Waals surface area contributed by atoms with Crippen molar-refractivity contribution in [3.63, 3.8) is 0 Å². The van der Waals surface area contributed by atoms with E-state index in [0.717, 1.165) is 0 Å². The Morgan fingerprint density at radius 3 is 2.56 bits per heavy atom. The molecule has 3 nitrogen and oxygen atoms in total. The molecule has 1 amide bonds. The predicted molar refractivity (Wildman–Crippen MR) is 77.0 cm³/mol. The molecule has 98 valence electrons. The Balaban J connectivity index is 2.98. The van der Waals surface area contributed by atoms with Gasteiger partial charge in [-0.05, 0) is 34.0 Å².